The van der Waals surface area contributed by atoms with Crippen molar-refractivity contribution in [2.75, 3.05) is 5.32 Å². The van der Waals surface area contributed by atoms with Gasteiger partial charge >= 0.3 is 0 Å². The second-order valence-corrected chi connectivity index (χ2v) is 6.64. The van der Waals surface area contributed by atoms with Crippen LogP contribution in [0.2, 0.25) is 0 Å². The van der Waals surface area contributed by atoms with Crippen LogP contribution in [-0.4, -0.2) is 11.0 Å². The van der Waals surface area contributed by atoms with E-state index < -0.39 is 0 Å². The van der Waals surface area contributed by atoms with Crippen LogP contribution in [0.1, 0.15) is 57.9 Å². The van der Waals surface area contributed by atoms with Gasteiger partial charge in [-0.25, -0.2) is 0 Å². The lowest BCUT2D eigenvalue weighted by molar-refractivity contribution is -0.120. The minimum atomic E-state index is 0.107. The lowest BCUT2D eigenvalue weighted by Gasteiger charge is -2.21. The highest BCUT2D eigenvalue weighted by atomic mass is 16.3. The molecule has 1 amide bonds. The van der Waals surface area contributed by atoms with Crippen molar-refractivity contribution < 1.29 is 9.90 Å². The van der Waals surface area contributed by atoms with Crippen LogP contribution in [0.3, 0.4) is 0 Å². The van der Waals surface area contributed by atoms with Gasteiger partial charge in [0.25, 0.3) is 0 Å². The molecule has 0 radical (unpaired) electrons. The fraction of sp³-hybridized carbons (Fsp3) is 0.611. The monoisotopic (exact) mass is 289 g/mol. The van der Waals surface area contributed by atoms with Crippen LogP contribution in [0.15, 0.2) is 18.2 Å². The van der Waals surface area contributed by atoms with Crippen molar-refractivity contribution in [1.82, 2.24) is 0 Å². The molecule has 0 atom stereocenters. The fourth-order valence-corrected chi connectivity index (χ4v) is 2.95. The Labute approximate surface area is 127 Å². The van der Waals surface area contributed by atoms with Crippen LogP contribution in [0.25, 0.3) is 0 Å². The molecule has 3 heteroatoms. The van der Waals surface area contributed by atoms with E-state index in [-0.39, 0.29) is 17.6 Å². The van der Waals surface area contributed by atoms with Crippen molar-refractivity contribution in [3.8, 4) is 5.75 Å². The average molecular weight is 289 g/mol. The molecule has 1 fully saturated rings. The number of hydrogen-bond donors (Lipinski definition) is 2. The molecule has 0 bridgehead atoms. The zero-order chi connectivity index (χ0) is 15.2. The highest BCUT2D eigenvalue weighted by molar-refractivity contribution is 5.92. The highest BCUT2D eigenvalue weighted by Crippen LogP contribution is 2.26. The molecular weight excluding hydrogens is 262 g/mol. The maximum atomic E-state index is 12.3. The average Bonchev–Trinajstić information content (AvgIpc) is 2.45. The number of carbonyl (C=O) groups is 1. The van der Waals surface area contributed by atoms with Gasteiger partial charge in [0.15, 0.2) is 0 Å². The maximum Gasteiger partial charge on any atom is 0.227 e. The van der Waals surface area contributed by atoms with E-state index in [2.05, 4.69) is 19.2 Å². The van der Waals surface area contributed by atoms with Crippen molar-refractivity contribution in [2.24, 2.45) is 11.8 Å². The van der Waals surface area contributed by atoms with Crippen molar-refractivity contribution >= 4 is 11.6 Å². The van der Waals surface area contributed by atoms with Gasteiger partial charge in [0.05, 0.1) is 0 Å². The molecule has 0 aliphatic heterocycles. The molecule has 1 aliphatic carbocycles. The van der Waals surface area contributed by atoms with E-state index in [9.17, 15) is 9.90 Å². The molecule has 1 aromatic rings. The summed E-state index contributed by atoms with van der Waals surface area (Å²) < 4.78 is 0. The van der Waals surface area contributed by atoms with Crippen LogP contribution < -0.4 is 5.32 Å². The van der Waals surface area contributed by atoms with E-state index in [0.29, 0.717) is 5.92 Å². The Hall–Kier alpha value is -1.51. The van der Waals surface area contributed by atoms with Gasteiger partial charge in [0, 0.05) is 17.7 Å². The Bertz CT molecular complexity index is 476. The zero-order valence-electron chi connectivity index (χ0n) is 13.2. The Kier molecular flexibility index (Phi) is 5.66. The number of carbonyl (C=O) groups excluding carboxylic acids is 1. The van der Waals surface area contributed by atoms with E-state index in [4.69, 9.17) is 0 Å². The highest BCUT2D eigenvalue weighted by Gasteiger charge is 2.21. The predicted molar refractivity (Wildman–Crippen MR) is 86.5 cm³/mol. The smallest absolute Gasteiger partial charge is 0.227 e. The largest absolute Gasteiger partial charge is 0.508 e. The first-order chi connectivity index (χ1) is 10.0. The summed E-state index contributed by atoms with van der Waals surface area (Å²) in [5.74, 6) is 1.11. The number of phenolic OH excluding ortho intramolecular Hbond substituents is 1. The summed E-state index contributed by atoms with van der Waals surface area (Å²) in [6.45, 7) is 4.38. The Morgan fingerprint density at radius 3 is 2.62 bits per heavy atom. The SMILES string of the molecule is CC(C)CCc1cc(O)cc(NC(=O)C2CCCCC2)c1. The van der Waals surface area contributed by atoms with Gasteiger partial charge < -0.3 is 10.4 Å². The minimum absolute atomic E-state index is 0.107. The van der Waals surface area contributed by atoms with Gasteiger partial charge in [-0.3, -0.25) is 4.79 Å². The predicted octanol–water partition coefficient (Wildman–Crippen LogP) is 4.50. The zero-order valence-corrected chi connectivity index (χ0v) is 13.2. The fourth-order valence-electron chi connectivity index (χ4n) is 2.95. The van der Waals surface area contributed by atoms with Gasteiger partial charge in [-0.05, 0) is 49.3 Å². The van der Waals surface area contributed by atoms with E-state index in [1.165, 1.54) is 6.42 Å². The first-order valence-corrected chi connectivity index (χ1v) is 8.18. The molecule has 1 aliphatic rings. The number of aryl methyl sites for hydroxylation is 1. The number of benzene rings is 1. The van der Waals surface area contributed by atoms with Crippen molar-refractivity contribution in [3.05, 3.63) is 23.8 Å². The van der Waals surface area contributed by atoms with E-state index in [0.717, 1.165) is 49.8 Å². The van der Waals surface area contributed by atoms with Crippen LogP contribution in [0.5, 0.6) is 5.75 Å². The molecule has 0 heterocycles. The summed E-state index contributed by atoms with van der Waals surface area (Å²) in [4.78, 5) is 12.3. The molecule has 3 nitrogen and oxygen atoms in total. The molecule has 0 aromatic heterocycles. The number of hydrogen-bond acceptors (Lipinski definition) is 2. The van der Waals surface area contributed by atoms with E-state index in [1.807, 2.05) is 6.07 Å². The Morgan fingerprint density at radius 2 is 1.95 bits per heavy atom. The van der Waals surface area contributed by atoms with Gasteiger partial charge in [0.1, 0.15) is 5.75 Å². The second kappa shape index (κ2) is 7.48. The van der Waals surface area contributed by atoms with Gasteiger partial charge in [0.2, 0.25) is 5.91 Å². The van der Waals surface area contributed by atoms with Crippen LogP contribution in [0.4, 0.5) is 5.69 Å². The van der Waals surface area contributed by atoms with E-state index in [1.54, 1.807) is 12.1 Å². The number of phenols is 1. The third-order valence-corrected chi connectivity index (χ3v) is 4.23. The van der Waals surface area contributed by atoms with Crippen LogP contribution in [0, 0.1) is 11.8 Å². The summed E-state index contributed by atoms with van der Waals surface area (Å²) in [6.07, 6.45) is 7.54. The molecule has 0 unspecified atom stereocenters. The summed E-state index contributed by atoms with van der Waals surface area (Å²) in [6, 6.07) is 5.42. The number of amides is 1. The Balaban J connectivity index is 1.99. The normalized spacial score (nSPS) is 16.1. The lowest BCUT2D eigenvalue weighted by Crippen LogP contribution is -2.24. The number of anilines is 1. The first-order valence-electron chi connectivity index (χ1n) is 8.18. The standard InChI is InChI=1S/C18H27NO2/c1-13(2)8-9-14-10-16(12-17(20)11-14)19-18(21)15-6-4-3-5-7-15/h10-13,15,20H,3-9H2,1-2H3,(H,19,21). The van der Waals surface area contributed by atoms with Crippen LogP contribution in [-0.2, 0) is 11.2 Å². The molecule has 21 heavy (non-hydrogen) atoms. The second-order valence-electron chi connectivity index (χ2n) is 6.64. The van der Waals surface area contributed by atoms with Crippen LogP contribution >= 0.6 is 0 Å². The summed E-state index contributed by atoms with van der Waals surface area (Å²) >= 11 is 0. The van der Waals surface area contributed by atoms with Crippen molar-refractivity contribution in [1.29, 1.82) is 0 Å². The lowest BCUT2D eigenvalue weighted by atomic mass is 9.88. The number of aromatic hydroxyl groups is 1. The molecular formula is C18H27NO2. The maximum absolute atomic E-state index is 12.3. The summed E-state index contributed by atoms with van der Waals surface area (Å²) in [5.41, 5.74) is 1.81. The third kappa shape index (κ3) is 5.07. The molecule has 0 spiro atoms. The molecule has 1 saturated carbocycles. The summed E-state index contributed by atoms with van der Waals surface area (Å²) in [5, 5.41) is 12.8. The first kappa shape index (κ1) is 15.9. The van der Waals surface area contributed by atoms with Crippen molar-refractivity contribution in [3.63, 3.8) is 0 Å². The van der Waals surface area contributed by atoms with Crippen molar-refractivity contribution in [2.45, 2.75) is 58.8 Å². The third-order valence-electron chi connectivity index (χ3n) is 4.23. The molecule has 1 aromatic carbocycles. The molecule has 2 rings (SSSR count). The molecule has 2 N–H and O–H groups in total. The quantitative estimate of drug-likeness (QED) is 0.838. The minimum Gasteiger partial charge on any atom is -0.508 e. The van der Waals surface area contributed by atoms with E-state index >= 15 is 0 Å². The molecule has 0 saturated heterocycles. The molecule has 116 valence electrons. The summed E-state index contributed by atoms with van der Waals surface area (Å²) in [7, 11) is 0. The number of nitrogens with one attached hydrogen (secondary N) is 1. The van der Waals surface area contributed by atoms with Gasteiger partial charge in [-0.1, -0.05) is 33.1 Å². The van der Waals surface area contributed by atoms with Gasteiger partial charge in [-0.2, -0.15) is 0 Å². The Morgan fingerprint density at radius 1 is 1.24 bits per heavy atom. The topological polar surface area (TPSA) is 49.3 Å². The van der Waals surface area contributed by atoms with Gasteiger partial charge in [-0.15, -0.1) is 0 Å². The number of rotatable bonds is 5.